The number of para-hydroxylation sites is 2. The number of benzene rings is 9. The van der Waals surface area contributed by atoms with Gasteiger partial charge in [0.05, 0.1) is 16.7 Å². The number of fused-ring (bicyclic) bond motifs is 10. The molecule has 4 nitrogen and oxygen atoms in total. The zero-order valence-electron chi connectivity index (χ0n) is 28.6. The van der Waals surface area contributed by atoms with E-state index in [1.165, 1.54) is 53.9 Å². The first-order chi connectivity index (χ1) is 26.3. The Hall–Kier alpha value is -7.17. The van der Waals surface area contributed by atoms with Gasteiger partial charge in [-0.15, -0.1) is 0 Å². The average Bonchev–Trinajstić information content (AvgIpc) is 3.58. The lowest BCUT2D eigenvalue weighted by Gasteiger charge is -2.15. The molecule has 0 aliphatic heterocycles. The lowest BCUT2D eigenvalue weighted by Crippen LogP contribution is -2.03. The largest absolute Gasteiger partial charge is 0.308 e. The van der Waals surface area contributed by atoms with Crippen molar-refractivity contribution >= 4 is 64.9 Å². The molecule has 2 aromatic heterocycles. The van der Waals surface area contributed by atoms with Crippen LogP contribution in [0.2, 0.25) is 0 Å². The van der Waals surface area contributed by atoms with Crippen LogP contribution in [0.15, 0.2) is 182 Å². The molecule has 2 heterocycles. The van der Waals surface area contributed by atoms with E-state index in [0.717, 1.165) is 33.4 Å². The minimum absolute atomic E-state index is 0.625. The maximum Gasteiger partial charge on any atom is 0.166 e. The van der Waals surface area contributed by atoms with Crippen molar-refractivity contribution < 1.29 is 0 Å². The highest BCUT2D eigenvalue weighted by atomic mass is 15.1. The zero-order chi connectivity index (χ0) is 34.9. The van der Waals surface area contributed by atoms with Gasteiger partial charge in [-0.2, -0.15) is 0 Å². The highest BCUT2D eigenvalue weighted by Crippen LogP contribution is 2.40. The fourth-order valence-corrected chi connectivity index (χ4v) is 8.16. The molecule has 0 N–H and O–H groups in total. The van der Waals surface area contributed by atoms with Gasteiger partial charge >= 0.3 is 0 Å². The van der Waals surface area contributed by atoms with Gasteiger partial charge in [0.15, 0.2) is 17.5 Å². The van der Waals surface area contributed by atoms with Gasteiger partial charge in [-0.3, -0.25) is 0 Å². The van der Waals surface area contributed by atoms with E-state index in [1.807, 2.05) is 18.2 Å². The topological polar surface area (TPSA) is 43.6 Å². The molecule has 0 aliphatic carbocycles. The standard InChI is InChI=1S/C49H30N4/c1-2-14-34(15-3-1)47-50-48(35-23-22-33-25-27-38-36-16-6-4-12-31(36)24-28-39(38)42(33)30-35)52-49(51-47)41-19-9-11-21-44(41)53-43-20-10-8-18-40(43)46-37-17-7-5-13-32(37)26-29-45(46)53/h1-30H. The van der Waals surface area contributed by atoms with Crippen LogP contribution in [-0.4, -0.2) is 19.5 Å². The molecule has 0 saturated heterocycles. The van der Waals surface area contributed by atoms with Crippen LogP contribution in [0.1, 0.15) is 0 Å². The zero-order valence-corrected chi connectivity index (χ0v) is 28.6. The number of aromatic nitrogens is 4. The molecular formula is C49H30N4. The summed E-state index contributed by atoms with van der Waals surface area (Å²) in [4.78, 5) is 15.6. The van der Waals surface area contributed by atoms with Gasteiger partial charge in [0.25, 0.3) is 0 Å². The van der Waals surface area contributed by atoms with Crippen molar-refractivity contribution in [1.29, 1.82) is 0 Å². The predicted octanol–water partition coefficient (Wildman–Crippen LogP) is 12.6. The van der Waals surface area contributed by atoms with Crippen molar-refractivity contribution in [1.82, 2.24) is 19.5 Å². The van der Waals surface area contributed by atoms with Gasteiger partial charge in [0.2, 0.25) is 0 Å². The first kappa shape index (κ1) is 29.5. The summed E-state index contributed by atoms with van der Waals surface area (Å²) < 4.78 is 2.37. The van der Waals surface area contributed by atoms with Crippen LogP contribution in [0, 0.1) is 0 Å². The molecular weight excluding hydrogens is 645 g/mol. The summed E-state index contributed by atoms with van der Waals surface area (Å²) in [5.74, 6) is 1.90. The van der Waals surface area contributed by atoms with E-state index in [2.05, 4.69) is 168 Å². The molecule has 0 unspecified atom stereocenters. The molecule has 246 valence electrons. The summed E-state index contributed by atoms with van der Waals surface area (Å²) in [5, 5.41) is 12.2. The van der Waals surface area contributed by atoms with Crippen molar-refractivity contribution in [2.75, 3.05) is 0 Å². The first-order valence-corrected chi connectivity index (χ1v) is 18.0. The van der Waals surface area contributed by atoms with Crippen LogP contribution in [0.5, 0.6) is 0 Å². The molecule has 9 aromatic carbocycles. The first-order valence-electron chi connectivity index (χ1n) is 18.0. The van der Waals surface area contributed by atoms with Gasteiger partial charge in [0.1, 0.15) is 0 Å². The van der Waals surface area contributed by atoms with Crippen LogP contribution in [0.25, 0.3) is 105 Å². The maximum atomic E-state index is 5.28. The Morgan fingerprint density at radius 1 is 0.321 bits per heavy atom. The summed E-state index contributed by atoms with van der Waals surface area (Å²) in [6, 6.07) is 64.5. The van der Waals surface area contributed by atoms with E-state index in [-0.39, 0.29) is 0 Å². The molecule has 53 heavy (non-hydrogen) atoms. The summed E-state index contributed by atoms with van der Waals surface area (Å²) in [6.07, 6.45) is 0. The van der Waals surface area contributed by atoms with Crippen molar-refractivity contribution in [2.45, 2.75) is 0 Å². The van der Waals surface area contributed by atoms with Crippen molar-refractivity contribution in [3.05, 3.63) is 182 Å². The molecule has 11 rings (SSSR count). The second-order valence-electron chi connectivity index (χ2n) is 13.6. The van der Waals surface area contributed by atoms with Crippen LogP contribution < -0.4 is 0 Å². The molecule has 0 amide bonds. The molecule has 4 heteroatoms. The van der Waals surface area contributed by atoms with Gasteiger partial charge in [0, 0.05) is 27.5 Å². The second-order valence-corrected chi connectivity index (χ2v) is 13.6. The fraction of sp³-hybridized carbons (Fsp3) is 0. The third-order valence-electron chi connectivity index (χ3n) is 10.6. The molecule has 0 spiro atoms. The van der Waals surface area contributed by atoms with Crippen molar-refractivity contribution in [2.24, 2.45) is 0 Å². The van der Waals surface area contributed by atoms with Gasteiger partial charge < -0.3 is 4.57 Å². The molecule has 0 aliphatic rings. The van der Waals surface area contributed by atoms with Crippen molar-refractivity contribution in [3.8, 4) is 39.9 Å². The molecule has 0 saturated carbocycles. The Morgan fingerprint density at radius 3 is 1.72 bits per heavy atom. The lowest BCUT2D eigenvalue weighted by atomic mass is 9.96. The number of rotatable bonds is 4. The molecule has 0 radical (unpaired) electrons. The normalized spacial score (nSPS) is 11.8. The second kappa shape index (κ2) is 11.7. The Labute approximate surface area is 305 Å². The lowest BCUT2D eigenvalue weighted by molar-refractivity contribution is 1.06. The fourth-order valence-electron chi connectivity index (χ4n) is 8.16. The smallest absolute Gasteiger partial charge is 0.166 e. The Kier molecular flexibility index (Phi) is 6.52. The summed E-state index contributed by atoms with van der Waals surface area (Å²) in [6.45, 7) is 0. The maximum absolute atomic E-state index is 5.28. The molecule has 11 aromatic rings. The van der Waals surface area contributed by atoms with Gasteiger partial charge in [-0.1, -0.05) is 152 Å². The number of nitrogens with zero attached hydrogens (tertiary/aromatic N) is 4. The highest BCUT2D eigenvalue weighted by molar-refractivity contribution is 6.21. The van der Waals surface area contributed by atoms with E-state index in [0.29, 0.717) is 17.5 Å². The summed E-state index contributed by atoms with van der Waals surface area (Å²) >= 11 is 0. The Morgan fingerprint density at radius 2 is 0.887 bits per heavy atom. The molecule has 0 fully saturated rings. The third kappa shape index (κ3) is 4.66. The van der Waals surface area contributed by atoms with E-state index < -0.39 is 0 Å². The van der Waals surface area contributed by atoms with Crippen LogP contribution in [0.3, 0.4) is 0 Å². The predicted molar refractivity (Wildman–Crippen MR) is 220 cm³/mol. The average molecular weight is 675 g/mol. The van der Waals surface area contributed by atoms with Gasteiger partial charge in [-0.25, -0.2) is 15.0 Å². The quantitative estimate of drug-likeness (QED) is 0.175. The third-order valence-corrected chi connectivity index (χ3v) is 10.6. The van der Waals surface area contributed by atoms with Gasteiger partial charge in [-0.05, 0) is 73.4 Å². The summed E-state index contributed by atoms with van der Waals surface area (Å²) in [5.41, 5.74) is 6.11. The Bertz CT molecular complexity index is 3230. The van der Waals surface area contributed by atoms with E-state index in [9.17, 15) is 0 Å². The highest BCUT2D eigenvalue weighted by Gasteiger charge is 2.20. The molecule has 0 atom stereocenters. The van der Waals surface area contributed by atoms with Crippen molar-refractivity contribution in [3.63, 3.8) is 0 Å². The van der Waals surface area contributed by atoms with Crippen LogP contribution >= 0.6 is 0 Å². The minimum Gasteiger partial charge on any atom is -0.308 e. The monoisotopic (exact) mass is 674 g/mol. The minimum atomic E-state index is 0.625. The van der Waals surface area contributed by atoms with E-state index in [4.69, 9.17) is 15.0 Å². The summed E-state index contributed by atoms with van der Waals surface area (Å²) in [7, 11) is 0. The Balaban J connectivity index is 1.16. The van der Waals surface area contributed by atoms with Crippen LogP contribution in [0.4, 0.5) is 0 Å². The SMILES string of the molecule is c1ccc(-c2nc(-c3ccc4ccc5c6ccccc6ccc5c4c3)nc(-c3ccccc3-n3c4ccccc4c4c5ccccc5ccc43)n2)cc1. The number of hydrogen-bond acceptors (Lipinski definition) is 3. The van der Waals surface area contributed by atoms with E-state index >= 15 is 0 Å². The van der Waals surface area contributed by atoms with Crippen LogP contribution in [-0.2, 0) is 0 Å². The molecule has 0 bridgehead atoms. The number of hydrogen-bond donors (Lipinski definition) is 0. The van der Waals surface area contributed by atoms with E-state index in [1.54, 1.807) is 0 Å².